The number of nitro benzene ring substituents is 1. The number of hydrogen-bond acceptors (Lipinski definition) is 6. The highest BCUT2D eigenvalue weighted by Gasteiger charge is 2.35. The predicted octanol–water partition coefficient (Wildman–Crippen LogP) is 1.19. The van der Waals surface area contributed by atoms with Crippen LogP contribution in [0.4, 0.5) is 5.69 Å². The zero-order chi connectivity index (χ0) is 20.4. The van der Waals surface area contributed by atoms with E-state index in [9.17, 15) is 23.3 Å². The molecule has 0 bridgehead atoms. The van der Waals surface area contributed by atoms with Gasteiger partial charge in [-0.2, -0.15) is 4.31 Å². The Kier molecular flexibility index (Phi) is 6.23. The van der Waals surface area contributed by atoms with Crippen LogP contribution in [0.5, 0.6) is 0 Å². The van der Waals surface area contributed by atoms with Gasteiger partial charge in [0.1, 0.15) is 0 Å². The van der Waals surface area contributed by atoms with Crippen molar-refractivity contribution in [1.29, 1.82) is 0 Å². The molecule has 27 heavy (non-hydrogen) atoms. The molecular weight excluding hydrogens is 372 g/mol. The fourth-order valence-electron chi connectivity index (χ4n) is 3.10. The highest BCUT2D eigenvalue weighted by Crippen LogP contribution is 2.27. The first kappa shape index (κ1) is 21.3. The number of piperazine rings is 1. The third-order valence-corrected chi connectivity index (χ3v) is 6.33. The van der Waals surface area contributed by atoms with Gasteiger partial charge < -0.3 is 10.6 Å². The first-order valence-electron chi connectivity index (χ1n) is 8.71. The van der Waals surface area contributed by atoms with E-state index in [1.807, 2.05) is 20.8 Å². The second kappa shape index (κ2) is 7.91. The zero-order valence-corrected chi connectivity index (χ0v) is 16.6. The maximum absolute atomic E-state index is 12.8. The van der Waals surface area contributed by atoms with E-state index in [4.69, 9.17) is 5.73 Å². The molecule has 0 unspecified atom stereocenters. The first-order chi connectivity index (χ1) is 12.4. The molecule has 0 aliphatic carbocycles. The van der Waals surface area contributed by atoms with Gasteiger partial charge >= 0.3 is 0 Å². The number of rotatable bonds is 5. The Morgan fingerprint density at radius 3 is 2.30 bits per heavy atom. The molecule has 0 saturated carbocycles. The molecule has 2 N–H and O–H groups in total. The summed E-state index contributed by atoms with van der Waals surface area (Å²) < 4.78 is 26.8. The van der Waals surface area contributed by atoms with Crippen molar-refractivity contribution in [3.8, 4) is 0 Å². The lowest BCUT2D eigenvalue weighted by Gasteiger charge is -2.36. The van der Waals surface area contributed by atoms with Crippen molar-refractivity contribution >= 4 is 21.6 Å². The molecule has 1 aliphatic heterocycles. The summed E-state index contributed by atoms with van der Waals surface area (Å²) in [5.41, 5.74) is 5.45. The fourth-order valence-corrected chi connectivity index (χ4v) is 4.68. The van der Waals surface area contributed by atoms with Crippen molar-refractivity contribution in [3.05, 3.63) is 34.4 Å². The van der Waals surface area contributed by atoms with E-state index in [-0.39, 0.29) is 42.4 Å². The number of hydrogen-bond donors (Lipinski definition) is 1. The van der Waals surface area contributed by atoms with Crippen molar-refractivity contribution in [3.63, 3.8) is 0 Å². The summed E-state index contributed by atoms with van der Waals surface area (Å²) in [6, 6.07) is 4.63. The molecule has 1 saturated heterocycles. The van der Waals surface area contributed by atoms with Crippen LogP contribution in [0.15, 0.2) is 29.2 Å². The lowest BCUT2D eigenvalue weighted by molar-refractivity contribution is -0.387. The smallest absolute Gasteiger partial charge is 0.289 e. The third-order valence-electron chi connectivity index (χ3n) is 4.38. The van der Waals surface area contributed by atoms with E-state index < -0.39 is 26.7 Å². The number of nitrogens with zero attached hydrogens (tertiary/aromatic N) is 3. The summed E-state index contributed by atoms with van der Waals surface area (Å²) in [7, 11) is -4.01. The average molecular weight is 398 g/mol. The van der Waals surface area contributed by atoms with Crippen LogP contribution < -0.4 is 5.73 Å². The Labute approximate surface area is 159 Å². The number of benzene rings is 1. The molecule has 150 valence electrons. The highest BCUT2D eigenvalue weighted by molar-refractivity contribution is 7.89. The minimum absolute atomic E-state index is 0.0718. The Morgan fingerprint density at radius 1 is 1.22 bits per heavy atom. The van der Waals surface area contributed by atoms with Crippen LogP contribution in [0, 0.1) is 15.5 Å². The molecule has 1 heterocycles. The van der Waals surface area contributed by atoms with Crippen LogP contribution in [0.3, 0.4) is 0 Å². The Hall–Kier alpha value is -2.04. The lowest BCUT2D eigenvalue weighted by atomic mass is 9.88. The highest BCUT2D eigenvalue weighted by atomic mass is 32.2. The number of para-hydroxylation sites is 1. The molecule has 1 aromatic rings. The minimum Gasteiger partial charge on any atom is -0.339 e. The molecule has 1 aromatic carbocycles. The van der Waals surface area contributed by atoms with E-state index in [1.165, 1.54) is 22.5 Å². The van der Waals surface area contributed by atoms with Crippen molar-refractivity contribution < 1.29 is 18.1 Å². The van der Waals surface area contributed by atoms with E-state index in [2.05, 4.69) is 0 Å². The average Bonchev–Trinajstić information content (AvgIpc) is 2.59. The standard InChI is InChI=1S/C17H26N4O5S/c1-17(2,3)12-13(18)16(22)19-8-10-20(11-9-19)27(25,26)15-7-5-4-6-14(15)21(23)24/h4-7,13H,8-12,18H2,1-3H3/t13-/m0/s1. The fraction of sp³-hybridized carbons (Fsp3) is 0.588. The van der Waals surface area contributed by atoms with Crippen LogP contribution in [0.25, 0.3) is 0 Å². The maximum Gasteiger partial charge on any atom is 0.289 e. The van der Waals surface area contributed by atoms with Crippen LogP contribution in [-0.4, -0.2) is 60.7 Å². The summed E-state index contributed by atoms with van der Waals surface area (Å²) in [5, 5.41) is 11.1. The van der Waals surface area contributed by atoms with Crippen molar-refractivity contribution in [2.24, 2.45) is 11.1 Å². The molecule has 1 aliphatic rings. The van der Waals surface area contributed by atoms with Gasteiger partial charge in [-0.15, -0.1) is 0 Å². The van der Waals surface area contributed by atoms with Crippen LogP contribution in [0.2, 0.25) is 0 Å². The van der Waals surface area contributed by atoms with Crippen molar-refractivity contribution in [2.75, 3.05) is 26.2 Å². The predicted molar refractivity (Wildman–Crippen MR) is 100 cm³/mol. The van der Waals surface area contributed by atoms with Gasteiger partial charge in [0.15, 0.2) is 4.90 Å². The van der Waals surface area contributed by atoms with Gasteiger partial charge in [-0.3, -0.25) is 14.9 Å². The molecule has 0 aromatic heterocycles. The SMILES string of the molecule is CC(C)(C)C[C@H](N)C(=O)N1CCN(S(=O)(=O)c2ccccc2[N+](=O)[O-])CC1. The Morgan fingerprint density at radius 2 is 1.78 bits per heavy atom. The summed E-state index contributed by atoms with van der Waals surface area (Å²) in [4.78, 5) is 24.1. The maximum atomic E-state index is 12.8. The van der Waals surface area contributed by atoms with Gasteiger partial charge in [0.25, 0.3) is 5.69 Å². The molecular formula is C17H26N4O5S. The van der Waals surface area contributed by atoms with Gasteiger partial charge in [0.05, 0.1) is 11.0 Å². The third kappa shape index (κ3) is 5.02. The zero-order valence-electron chi connectivity index (χ0n) is 15.8. The minimum atomic E-state index is -4.01. The van der Waals surface area contributed by atoms with Crippen LogP contribution in [0.1, 0.15) is 27.2 Å². The van der Waals surface area contributed by atoms with Gasteiger partial charge in [-0.25, -0.2) is 8.42 Å². The number of carbonyl (C=O) groups is 1. The summed E-state index contributed by atoms with van der Waals surface area (Å²) in [5.74, 6) is -0.201. The van der Waals surface area contributed by atoms with E-state index in [0.717, 1.165) is 6.07 Å². The second-order valence-corrected chi connectivity index (χ2v) is 9.73. The summed E-state index contributed by atoms with van der Waals surface area (Å²) in [6.45, 7) is 6.55. The van der Waals surface area contributed by atoms with Gasteiger partial charge in [0.2, 0.25) is 15.9 Å². The molecule has 9 nitrogen and oxygen atoms in total. The van der Waals surface area contributed by atoms with E-state index in [1.54, 1.807) is 4.90 Å². The van der Waals surface area contributed by atoms with Crippen molar-refractivity contribution in [2.45, 2.75) is 38.1 Å². The Balaban J connectivity index is 2.09. The molecule has 1 atom stereocenters. The summed E-state index contributed by atoms with van der Waals surface area (Å²) >= 11 is 0. The summed E-state index contributed by atoms with van der Waals surface area (Å²) in [6.07, 6.45) is 0.528. The van der Waals surface area contributed by atoms with E-state index >= 15 is 0 Å². The largest absolute Gasteiger partial charge is 0.339 e. The monoisotopic (exact) mass is 398 g/mol. The Bertz CT molecular complexity index is 811. The lowest BCUT2D eigenvalue weighted by Crippen LogP contribution is -2.54. The number of nitro groups is 1. The topological polar surface area (TPSA) is 127 Å². The normalized spacial score (nSPS) is 17.6. The van der Waals surface area contributed by atoms with E-state index in [0.29, 0.717) is 6.42 Å². The van der Waals surface area contributed by atoms with Gasteiger partial charge in [0, 0.05) is 32.2 Å². The first-order valence-corrected chi connectivity index (χ1v) is 10.2. The number of carbonyl (C=O) groups excluding carboxylic acids is 1. The molecule has 10 heteroatoms. The molecule has 1 amide bonds. The van der Waals surface area contributed by atoms with Crippen LogP contribution >= 0.6 is 0 Å². The molecule has 1 fully saturated rings. The molecule has 0 radical (unpaired) electrons. The number of amides is 1. The quantitative estimate of drug-likeness (QED) is 0.586. The molecule has 2 rings (SSSR count). The number of nitrogens with two attached hydrogens (primary N) is 1. The van der Waals surface area contributed by atoms with Crippen LogP contribution in [-0.2, 0) is 14.8 Å². The molecule has 0 spiro atoms. The second-order valence-electron chi connectivity index (χ2n) is 7.83. The van der Waals surface area contributed by atoms with Crippen molar-refractivity contribution in [1.82, 2.24) is 9.21 Å². The van der Waals surface area contributed by atoms with Gasteiger partial charge in [-0.05, 0) is 17.9 Å². The van der Waals surface area contributed by atoms with Gasteiger partial charge in [-0.1, -0.05) is 32.9 Å². The number of sulfonamides is 1.